The van der Waals surface area contributed by atoms with Gasteiger partial charge in [-0.15, -0.1) is 0 Å². The molecule has 0 saturated carbocycles. The van der Waals surface area contributed by atoms with Gasteiger partial charge in [0.2, 0.25) is 0 Å². The van der Waals surface area contributed by atoms with Crippen LogP contribution in [0.4, 0.5) is 0 Å². The summed E-state index contributed by atoms with van der Waals surface area (Å²) in [5, 5.41) is 0. The van der Waals surface area contributed by atoms with E-state index < -0.39 is 0 Å². The van der Waals surface area contributed by atoms with Crippen molar-refractivity contribution in [1.29, 1.82) is 0 Å². The highest BCUT2D eigenvalue weighted by atomic mass is 16.7. The van der Waals surface area contributed by atoms with E-state index in [-0.39, 0.29) is 18.3 Å². The van der Waals surface area contributed by atoms with Crippen LogP contribution < -0.4 is 0 Å². The standard InChI is InChI=1S/C12H24BNO2/c1-11(2)12(3,4)16-13(15-11)7-5-8-14-9-6-10-14/h5-10H2,1-4H3. The molecule has 0 aromatic rings. The van der Waals surface area contributed by atoms with Gasteiger partial charge in [-0.25, -0.2) is 0 Å². The average Bonchev–Trinajstić information content (AvgIpc) is 2.26. The van der Waals surface area contributed by atoms with E-state index in [1.165, 1.54) is 32.5 Å². The number of rotatable bonds is 4. The molecule has 2 aliphatic heterocycles. The normalized spacial score (nSPS) is 28.1. The monoisotopic (exact) mass is 225 g/mol. The maximum absolute atomic E-state index is 5.96. The predicted molar refractivity (Wildman–Crippen MR) is 66.6 cm³/mol. The smallest absolute Gasteiger partial charge is 0.403 e. The third-order valence-electron chi connectivity index (χ3n) is 4.16. The van der Waals surface area contributed by atoms with Gasteiger partial charge in [0.1, 0.15) is 0 Å². The molecule has 0 spiro atoms. The van der Waals surface area contributed by atoms with Gasteiger partial charge in [0, 0.05) is 0 Å². The Labute approximate surface area is 99.6 Å². The Morgan fingerprint density at radius 2 is 1.62 bits per heavy atom. The van der Waals surface area contributed by atoms with Crippen molar-refractivity contribution in [1.82, 2.24) is 4.90 Å². The molecular formula is C12H24BNO2. The zero-order valence-corrected chi connectivity index (χ0v) is 11.1. The van der Waals surface area contributed by atoms with Crippen LogP contribution in [-0.4, -0.2) is 42.9 Å². The van der Waals surface area contributed by atoms with Gasteiger partial charge in [0.05, 0.1) is 11.2 Å². The number of hydrogen-bond acceptors (Lipinski definition) is 3. The minimum absolute atomic E-state index is 0.00808. The van der Waals surface area contributed by atoms with Gasteiger partial charge in [0.15, 0.2) is 0 Å². The summed E-state index contributed by atoms with van der Waals surface area (Å²) < 4.78 is 11.9. The van der Waals surface area contributed by atoms with Crippen molar-refractivity contribution in [3.05, 3.63) is 0 Å². The molecule has 0 atom stereocenters. The topological polar surface area (TPSA) is 21.7 Å². The first kappa shape index (κ1) is 12.4. The molecule has 0 radical (unpaired) electrons. The summed E-state index contributed by atoms with van der Waals surface area (Å²) >= 11 is 0. The molecular weight excluding hydrogens is 201 g/mol. The lowest BCUT2D eigenvalue weighted by Crippen LogP contribution is -2.41. The quantitative estimate of drug-likeness (QED) is 0.684. The van der Waals surface area contributed by atoms with Crippen LogP contribution in [0.3, 0.4) is 0 Å². The van der Waals surface area contributed by atoms with Crippen LogP contribution in [0.25, 0.3) is 0 Å². The van der Waals surface area contributed by atoms with E-state index in [0.29, 0.717) is 0 Å². The van der Waals surface area contributed by atoms with Crippen molar-refractivity contribution in [2.45, 2.75) is 58.1 Å². The first-order valence-corrected chi connectivity index (χ1v) is 6.49. The minimum atomic E-state index is -0.172. The van der Waals surface area contributed by atoms with Crippen molar-refractivity contribution >= 4 is 7.12 Å². The molecule has 0 N–H and O–H groups in total. The molecule has 16 heavy (non-hydrogen) atoms. The van der Waals surface area contributed by atoms with Crippen LogP contribution in [0.5, 0.6) is 0 Å². The van der Waals surface area contributed by atoms with Crippen LogP contribution in [0.1, 0.15) is 40.5 Å². The van der Waals surface area contributed by atoms with Crippen molar-refractivity contribution in [3.8, 4) is 0 Å². The van der Waals surface area contributed by atoms with Crippen molar-refractivity contribution in [2.24, 2.45) is 0 Å². The van der Waals surface area contributed by atoms with Gasteiger partial charge in [-0.05, 0) is 66.5 Å². The number of nitrogens with zero attached hydrogens (tertiary/aromatic N) is 1. The lowest BCUT2D eigenvalue weighted by atomic mass is 9.83. The zero-order valence-electron chi connectivity index (χ0n) is 11.1. The average molecular weight is 225 g/mol. The Hall–Kier alpha value is -0.0551. The molecule has 0 aromatic carbocycles. The van der Waals surface area contributed by atoms with Crippen molar-refractivity contribution < 1.29 is 9.31 Å². The summed E-state index contributed by atoms with van der Waals surface area (Å²) in [5.74, 6) is 0. The van der Waals surface area contributed by atoms with Crippen LogP contribution in [-0.2, 0) is 9.31 Å². The van der Waals surface area contributed by atoms with Crippen LogP contribution in [0, 0.1) is 0 Å². The molecule has 2 heterocycles. The summed E-state index contributed by atoms with van der Waals surface area (Å²) in [5.41, 5.74) is -0.344. The molecule has 0 aliphatic carbocycles. The molecule has 2 rings (SSSR count). The second kappa shape index (κ2) is 4.32. The third-order valence-corrected chi connectivity index (χ3v) is 4.16. The molecule has 2 saturated heterocycles. The predicted octanol–water partition coefficient (Wildman–Crippen LogP) is 2.17. The number of likely N-dealkylation sites (tertiary alicyclic amines) is 1. The Balaban J connectivity index is 1.71. The molecule has 0 bridgehead atoms. The summed E-state index contributed by atoms with van der Waals surface area (Å²) in [4.78, 5) is 2.49. The molecule has 92 valence electrons. The second-order valence-electron chi connectivity index (χ2n) is 6.02. The minimum Gasteiger partial charge on any atom is -0.403 e. The fraction of sp³-hybridized carbons (Fsp3) is 1.00. The van der Waals surface area contributed by atoms with E-state index in [0.717, 1.165) is 6.32 Å². The van der Waals surface area contributed by atoms with E-state index in [1.807, 2.05) is 0 Å². The molecule has 2 aliphatic rings. The van der Waals surface area contributed by atoms with E-state index in [9.17, 15) is 0 Å². The molecule has 0 amide bonds. The number of hydrogen-bond donors (Lipinski definition) is 0. The van der Waals surface area contributed by atoms with Gasteiger partial charge < -0.3 is 14.2 Å². The summed E-state index contributed by atoms with van der Waals surface area (Å²) in [7, 11) is -0.00808. The van der Waals surface area contributed by atoms with Gasteiger partial charge in [-0.2, -0.15) is 0 Å². The maximum Gasteiger partial charge on any atom is 0.457 e. The van der Waals surface area contributed by atoms with Crippen LogP contribution in [0.2, 0.25) is 6.32 Å². The molecule has 3 nitrogen and oxygen atoms in total. The Morgan fingerprint density at radius 1 is 1.06 bits per heavy atom. The van der Waals surface area contributed by atoms with Gasteiger partial charge in [0.25, 0.3) is 0 Å². The van der Waals surface area contributed by atoms with E-state index in [1.54, 1.807) is 0 Å². The van der Waals surface area contributed by atoms with Gasteiger partial charge in [-0.3, -0.25) is 0 Å². The SMILES string of the molecule is CC1(C)OB(CCCN2CCC2)OC1(C)C. The maximum atomic E-state index is 5.96. The lowest BCUT2D eigenvalue weighted by molar-refractivity contribution is 0.00578. The lowest BCUT2D eigenvalue weighted by Gasteiger charge is -2.32. The first-order chi connectivity index (χ1) is 7.41. The van der Waals surface area contributed by atoms with Crippen molar-refractivity contribution in [2.75, 3.05) is 19.6 Å². The van der Waals surface area contributed by atoms with Gasteiger partial charge >= 0.3 is 7.12 Å². The molecule has 2 fully saturated rings. The van der Waals surface area contributed by atoms with Crippen LogP contribution >= 0.6 is 0 Å². The second-order valence-corrected chi connectivity index (χ2v) is 6.02. The molecule has 4 heteroatoms. The van der Waals surface area contributed by atoms with E-state index >= 15 is 0 Å². The highest BCUT2D eigenvalue weighted by molar-refractivity contribution is 6.45. The third kappa shape index (κ3) is 2.44. The Morgan fingerprint density at radius 3 is 2.06 bits per heavy atom. The highest BCUT2D eigenvalue weighted by Gasteiger charge is 2.50. The fourth-order valence-corrected chi connectivity index (χ4v) is 2.17. The Bertz CT molecular complexity index is 235. The van der Waals surface area contributed by atoms with Crippen molar-refractivity contribution in [3.63, 3.8) is 0 Å². The summed E-state index contributed by atoms with van der Waals surface area (Å²) in [6.45, 7) is 12.2. The van der Waals surface area contributed by atoms with E-state index in [4.69, 9.17) is 9.31 Å². The highest BCUT2D eigenvalue weighted by Crippen LogP contribution is 2.37. The fourth-order valence-electron chi connectivity index (χ4n) is 2.17. The molecule has 0 aromatic heterocycles. The largest absolute Gasteiger partial charge is 0.457 e. The zero-order chi connectivity index (χ0) is 11.8. The molecule has 0 unspecified atom stereocenters. The van der Waals surface area contributed by atoms with E-state index in [2.05, 4.69) is 32.6 Å². The Kier molecular flexibility index (Phi) is 3.35. The van der Waals surface area contributed by atoms with Crippen LogP contribution in [0.15, 0.2) is 0 Å². The van der Waals surface area contributed by atoms with Gasteiger partial charge in [-0.1, -0.05) is 0 Å². The summed E-state index contributed by atoms with van der Waals surface area (Å²) in [6, 6.07) is 0. The summed E-state index contributed by atoms with van der Waals surface area (Å²) in [6.07, 6.45) is 3.57. The first-order valence-electron chi connectivity index (χ1n) is 6.49.